The van der Waals surface area contributed by atoms with Crippen LogP contribution >= 0.6 is 0 Å². The second kappa shape index (κ2) is 8.72. The van der Waals surface area contributed by atoms with Crippen LogP contribution in [-0.4, -0.2) is 33.4 Å². The first-order valence-corrected chi connectivity index (χ1v) is 11.0. The monoisotopic (exact) mass is 424 g/mol. The van der Waals surface area contributed by atoms with Gasteiger partial charge in [-0.1, -0.05) is 30.3 Å². The largest absolute Gasteiger partial charge is 0.440 e. The van der Waals surface area contributed by atoms with Crippen molar-refractivity contribution in [2.75, 3.05) is 13.1 Å². The van der Waals surface area contributed by atoms with Gasteiger partial charge < -0.3 is 13.9 Å². The maximum Gasteiger partial charge on any atom is 0.246 e. The molecular weight excluding hydrogens is 400 g/mol. The Balaban J connectivity index is 1.25. The lowest BCUT2D eigenvalue weighted by molar-refractivity contribution is -0.127. The quantitative estimate of drug-likeness (QED) is 0.417. The molecule has 0 bridgehead atoms. The van der Waals surface area contributed by atoms with Crippen molar-refractivity contribution in [3.63, 3.8) is 0 Å². The van der Waals surface area contributed by atoms with Crippen molar-refractivity contribution in [1.82, 2.24) is 14.5 Å². The van der Waals surface area contributed by atoms with Crippen molar-refractivity contribution in [2.24, 2.45) is 0 Å². The molecule has 0 aliphatic carbocycles. The molecule has 0 saturated carbocycles. The molecule has 6 heteroatoms. The molecule has 6 nitrogen and oxygen atoms in total. The number of nitriles is 1. The summed E-state index contributed by atoms with van der Waals surface area (Å²) in [6.07, 6.45) is 7.72. The summed E-state index contributed by atoms with van der Waals surface area (Å²) in [5.41, 5.74) is 3.78. The van der Waals surface area contributed by atoms with Gasteiger partial charge in [0.2, 0.25) is 5.91 Å². The Kier molecular flexibility index (Phi) is 5.47. The summed E-state index contributed by atoms with van der Waals surface area (Å²) in [5.74, 6) is 1.04. The van der Waals surface area contributed by atoms with Crippen LogP contribution in [-0.2, 0) is 11.3 Å². The van der Waals surface area contributed by atoms with E-state index in [0.29, 0.717) is 26.1 Å². The van der Waals surface area contributed by atoms with Gasteiger partial charge in [0.25, 0.3) is 0 Å². The van der Waals surface area contributed by atoms with Crippen molar-refractivity contribution in [2.45, 2.75) is 31.7 Å². The molecule has 32 heavy (non-hydrogen) atoms. The normalized spacial score (nSPS) is 15.0. The molecule has 3 heterocycles. The zero-order valence-electron chi connectivity index (χ0n) is 17.8. The van der Waals surface area contributed by atoms with E-state index in [4.69, 9.17) is 9.68 Å². The molecule has 160 valence electrons. The molecule has 1 amide bonds. The SMILES string of the molecule is N#CCCn1cc(/C=C/C(=O)N2CCC(c3nc4ccccc4o3)CC2)c2ccccc21. The number of likely N-dealkylation sites (tertiary alicyclic amines) is 1. The number of carbonyl (C=O) groups is 1. The summed E-state index contributed by atoms with van der Waals surface area (Å²) in [6.45, 7) is 2.02. The molecule has 1 aliphatic heterocycles. The van der Waals surface area contributed by atoms with Crippen LogP contribution in [0.2, 0.25) is 0 Å². The summed E-state index contributed by atoms with van der Waals surface area (Å²) in [6, 6.07) is 18.1. The molecule has 4 aromatic rings. The van der Waals surface area contributed by atoms with Gasteiger partial charge in [0.1, 0.15) is 5.52 Å². The predicted octanol–water partition coefficient (Wildman–Crippen LogP) is 5.12. The number of carbonyl (C=O) groups excluding carboxylic acids is 1. The van der Waals surface area contributed by atoms with E-state index in [1.165, 1.54) is 0 Å². The first-order valence-electron chi connectivity index (χ1n) is 11.0. The van der Waals surface area contributed by atoms with Gasteiger partial charge in [-0.3, -0.25) is 4.79 Å². The average molecular weight is 425 g/mol. The highest BCUT2D eigenvalue weighted by Gasteiger charge is 2.26. The molecule has 1 aliphatic rings. The molecule has 0 atom stereocenters. The van der Waals surface area contributed by atoms with E-state index >= 15 is 0 Å². The molecular formula is C26H24N4O2. The molecule has 0 N–H and O–H groups in total. The number of nitrogens with zero attached hydrogens (tertiary/aromatic N) is 4. The highest BCUT2D eigenvalue weighted by Crippen LogP contribution is 2.30. The van der Waals surface area contributed by atoms with Gasteiger partial charge in [-0.2, -0.15) is 5.26 Å². The molecule has 5 rings (SSSR count). The maximum absolute atomic E-state index is 12.8. The lowest BCUT2D eigenvalue weighted by Crippen LogP contribution is -2.36. The Labute approximate surface area is 186 Å². The Morgan fingerprint density at radius 3 is 2.75 bits per heavy atom. The minimum atomic E-state index is 0.0230. The van der Waals surface area contributed by atoms with Crippen LogP contribution in [0.5, 0.6) is 0 Å². The number of para-hydroxylation sites is 3. The van der Waals surface area contributed by atoms with Gasteiger partial charge in [0.15, 0.2) is 11.5 Å². The molecule has 0 unspecified atom stereocenters. The molecule has 0 spiro atoms. The van der Waals surface area contributed by atoms with E-state index in [1.54, 1.807) is 6.08 Å². The third kappa shape index (κ3) is 3.90. The standard InChI is InChI=1S/C26H24N4O2/c27-14-5-15-30-18-20(21-6-1-3-8-23(21)30)10-11-25(31)29-16-12-19(13-17-29)26-28-22-7-2-4-9-24(22)32-26/h1-4,6-11,18-19H,5,12-13,15-17H2/b11-10+. The van der Waals surface area contributed by atoms with E-state index in [0.717, 1.165) is 46.3 Å². The second-order valence-corrected chi connectivity index (χ2v) is 8.16. The van der Waals surface area contributed by atoms with Crippen molar-refractivity contribution in [1.29, 1.82) is 5.26 Å². The van der Waals surface area contributed by atoms with E-state index < -0.39 is 0 Å². The third-order valence-corrected chi connectivity index (χ3v) is 6.16. The summed E-state index contributed by atoms with van der Waals surface area (Å²) >= 11 is 0. The number of oxazole rings is 1. The zero-order chi connectivity index (χ0) is 21.9. The van der Waals surface area contributed by atoms with E-state index in [-0.39, 0.29) is 11.8 Å². The Morgan fingerprint density at radius 2 is 1.94 bits per heavy atom. The van der Waals surface area contributed by atoms with Crippen LogP contribution in [0, 0.1) is 11.3 Å². The molecule has 0 radical (unpaired) electrons. The van der Waals surface area contributed by atoms with Gasteiger partial charge in [-0.05, 0) is 37.1 Å². The maximum atomic E-state index is 12.8. The molecule has 1 fully saturated rings. The third-order valence-electron chi connectivity index (χ3n) is 6.16. The highest BCUT2D eigenvalue weighted by atomic mass is 16.3. The van der Waals surface area contributed by atoms with Gasteiger partial charge in [0.05, 0.1) is 12.5 Å². The number of piperidine rings is 1. The number of fused-ring (bicyclic) bond motifs is 2. The average Bonchev–Trinajstić information content (AvgIpc) is 3.43. The van der Waals surface area contributed by atoms with Crippen LogP contribution in [0.25, 0.3) is 28.1 Å². The van der Waals surface area contributed by atoms with Crippen LogP contribution in [0.15, 0.2) is 65.2 Å². The van der Waals surface area contributed by atoms with Crippen LogP contribution in [0.1, 0.15) is 36.6 Å². The van der Waals surface area contributed by atoms with Gasteiger partial charge >= 0.3 is 0 Å². The van der Waals surface area contributed by atoms with Gasteiger partial charge in [-0.25, -0.2) is 4.98 Å². The van der Waals surface area contributed by atoms with Crippen molar-refractivity contribution < 1.29 is 9.21 Å². The van der Waals surface area contributed by atoms with Crippen LogP contribution in [0.3, 0.4) is 0 Å². The van der Waals surface area contributed by atoms with Crippen molar-refractivity contribution in [3.05, 3.63) is 72.3 Å². The summed E-state index contributed by atoms with van der Waals surface area (Å²) in [7, 11) is 0. The molecule has 2 aromatic heterocycles. The van der Waals surface area contributed by atoms with Crippen molar-refractivity contribution >= 4 is 34.0 Å². The first-order chi connectivity index (χ1) is 15.7. The number of aryl methyl sites for hydroxylation is 1. The van der Waals surface area contributed by atoms with E-state index in [2.05, 4.69) is 15.6 Å². The Hall–Kier alpha value is -3.85. The topological polar surface area (TPSA) is 75.1 Å². The van der Waals surface area contributed by atoms with Gasteiger partial charge in [0, 0.05) is 54.3 Å². The minimum Gasteiger partial charge on any atom is -0.440 e. The van der Waals surface area contributed by atoms with E-state index in [1.807, 2.05) is 65.7 Å². The zero-order valence-corrected chi connectivity index (χ0v) is 17.8. The van der Waals surface area contributed by atoms with Crippen LogP contribution in [0.4, 0.5) is 0 Å². The smallest absolute Gasteiger partial charge is 0.246 e. The predicted molar refractivity (Wildman–Crippen MR) is 124 cm³/mol. The van der Waals surface area contributed by atoms with Gasteiger partial charge in [-0.15, -0.1) is 0 Å². The first kappa shape index (κ1) is 20.1. The fourth-order valence-corrected chi connectivity index (χ4v) is 4.44. The number of rotatable bonds is 5. The fourth-order valence-electron chi connectivity index (χ4n) is 4.44. The Morgan fingerprint density at radius 1 is 1.16 bits per heavy atom. The van der Waals surface area contributed by atoms with Crippen LogP contribution < -0.4 is 0 Å². The summed E-state index contributed by atoms with van der Waals surface area (Å²) in [5, 5.41) is 10.0. The summed E-state index contributed by atoms with van der Waals surface area (Å²) < 4.78 is 8.01. The lowest BCUT2D eigenvalue weighted by Gasteiger charge is -2.29. The molecule has 2 aromatic carbocycles. The number of hydrogen-bond donors (Lipinski definition) is 0. The lowest BCUT2D eigenvalue weighted by atomic mass is 9.96. The number of amides is 1. The van der Waals surface area contributed by atoms with Crippen molar-refractivity contribution in [3.8, 4) is 6.07 Å². The van der Waals surface area contributed by atoms with E-state index in [9.17, 15) is 4.79 Å². The highest BCUT2D eigenvalue weighted by molar-refractivity contribution is 5.96. The Bertz CT molecular complexity index is 1300. The molecule has 1 saturated heterocycles. The second-order valence-electron chi connectivity index (χ2n) is 8.16. The number of aromatic nitrogens is 2. The minimum absolute atomic E-state index is 0.0230. The summed E-state index contributed by atoms with van der Waals surface area (Å²) in [4.78, 5) is 19.3. The fraction of sp³-hybridized carbons (Fsp3) is 0.269. The number of hydrogen-bond acceptors (Lipinski definition) is 4. The number of benzene rings is 2.